The number of methoxy groups -OCH3 is 1. The summed E-state index contributed by atoms with van der Waals surface area (Å²) in [7, 11) is 3.38. The maximum atomic E-state index is 12.2. The number of hydrogen-bond donors (Lipinski definition) is 1. The second kappa shape index (κ2) is 6.25. The van der Waals surface area contributed by atoms with Crippen molar-refractivity contribution in [1.29, 1.82) is 0 Å². The summed E-state index contributed by atoms with van der Waals surface area (Å²) in [6, 6.07) is 9.29. The Kier molecular flexibility index (Phi) is 4.42. The predicted octanol–water partition coefficient (Wildman–Crippen LogP) is 2.02. The van der Waals surface area contributed by atoms with Crippen LogP contribution in [0.4, 0.5) is 0 Å². The highest BCUT2D eigenvalue weighted by molar-refractivity contribution is 5.93. The molecule has 0 atom stereocenters. The van der Waals surface area contributed by atoms with Gasteiger partial charge in [-0.3, -0.25) is 4.79 Å². The molecule has 1 amide bonds. The third kappa shape index (κ3) is 3.19. The van der Waals surface area contributed by atoms with Crippen molar-refractivity contribution < 1.29 is 13.9 Å². The van der Waals surface area contributed by atoms with Crippen LogP contribution in [0.5, 0.6) is 5.75 Å². The molecular weight excluding hydrogens is 256 g/mol. The van der Waals surface area contributed by atoms with Gasteiger partial charge < -0.3 is 19.8 Å². The highest BCUT2D eigenvalue weighted by Gasteiger charge is 2.14. The summed E-state index contributed by atoms with van der Waals surface area (Å²) in [4.78, 5) is 13.8. The molecule has 1 heterocycles. The Balaban J connectivity index is 2.02. The molecule has 0 saturated carbocycles. The SMILES string of the molecule is COc1ccc(CN(C)C(=O)c2coc(CN)c2)cc1. The van der Waals surface area contributed by atoms with Crippen LogP contribution in [0.3, 0.4) is 0 Å². The van der Waals surface area contributed by atoms with E-state index in [9.17, 15) is 4.79 Å². The highest BCUT2D eigenvalue weighted by atomic mass is 16.5. The van der Waals surface area contributed by atoms with Gasteiger partial charge in [0.2, 0.25) is 0 Å². The van der Waals surface area contributed by atoms with E-state index in [2.05, 4.69) is 0 Å². The average molecular weight is 274 g/mol. The van der Waals surface area contributed by atoms with Crippen molar-refractivity contribution in [2.75, 3.05) is 14.2 Å². The summed E-state index contributed by atoms with van der Waals surface area (Å²) < 4.78 is 10.3. The van der Waals surface area contributed by atoms with E-state index in [0.29, 0.717) is 17.9 Å². The Hall–Kier alpha value is -2.27. The zero-order chi connectivity index (χ0) is 14.5. The number of ether oxygens (including phenoxy) is 1. The molecule has 0 bridgehead atoms. The number of furan rings is 1. The van der Waals surface area contributed by atoms with Gasteiger partial charge in [-0.2, -0.15) is 0 Å². The Morgan fingerprint density at radius 2 is 2.05 bits per heavy atom. The molecule has 106 valence electrons. The molecule has 1 aromatic heterocycles. The lowest BCUT2D eigenvalue weighted by atomic mass is 10.2. The molecule has 0 saturated heterocycles. The first-order valence-electron chi connectivity index (χ1n) is 6.30. The topological polar surface area (TPSA) is 68.7 Å². The number of nitrogens with two attached hydrogens (primary N) is 1. The van der Waals surface area contributed by atoms with Crippen LogP contribution in [0.15, 0.2) is 41.0 Å². The summed E-state index contributed by atoms with van der Waals surface area (Å²) in [5.74, 6) is 1.31. The van der Waals surface area contributed by atoms with E-state index in [-0.39, 0.29) is 12.5 Å². The summed E-state index contributed by atoms with van der Waals surface area (Å²) >= 11 is 0. The monoisotopic (exact) mass is 274 g/mol. The van der Waals surface area contributed by atoms with E-state index >= 15 is 0 Å². The molecule has 0 aliphatic carbocycles. The van der Waals surface area contributed by atoms with Gasteiger partial charge in [-0.25, -0.2) is 0 Å². The fourth-order valence-electron chi connectivity index (χ4n) is 1.90. The Morgan fingerprint density at radius 1 is 1.35 bits per heavy atom. The number of benzene rings is 1. The average Bonchev–Trinajstić information content (AvgIpc) is 2.96. The molecular formula is C15H18N2O3. The molecule has 2 aromatic rings. The van der Waals surface area contributed by atoms with E-state index in [0.717, 1.165) is 11.3 Å². The largest absolute Gasteiger partial charge is 0.497 e. The molecule has 0 spiro atoms. The number of carbonyl (C=O) groups excluding carboxylic acids is 1. The molecule has 2 N–H and O–H groups in total. The standard InChI is InChI=1S/C15H18N2O3/c1-17(9-11-3-5-13(19-2)6-4-11)15(18)12-7-14(8-16)20-10-12/h3-7,10H,8-9,16H2,1-2H3. The van der Waals surface area contributed by atoms with Crippen LogP contribution in [-0.2, 0) is 13.1 Å². The molecule has 2 rings (SSSR count). The smallest absolute Gasteiger partial charge is 0.257 e. The van der Waals surface area contributed by atoms with E-state index in [4.69, 9.17) is 14.9 Å². The summed E-state index contributed by atoms with van der Waals surface area (Å²) in [5, 5.41) is 0. The second-order valence-electron chi connectivity index (χ2n) is 4.52. The van der Waals surface area contributed by atoms with Crippen molar-refractivity contribution in [3.8, 4) is 5.75 Å². The number of hydrogen-bond acceptors (Lipinski definition) is 4. The van der Waals surface area contributed by atoms with Crippen molar-refractivity contribution in [1.82, 2.24) is 4.90 Å². The maximum absolute atomic E-state index is 12.2. The molecule has 1 aromatic carbocycles. The van der Waals surface area contributed by atoms with Gasteiger partial charge in [-0.05, 0) is 23.8 Å². The fraction of sp³-hybridized carbons (Fsp3) is 0.267. The van der Waals surface area contributed by atoms with E-state index in [1.54, 1.807) is 25.1 Å². The van der Waals surface area contributed by atoms with Gasteiger partial charge in [0.25, 0.3) is 5.91 Å². The van der Waals surface area contributed by atoms with Crippen molar-refractivity contribution in [3.05, 3.63) is 53.5 Å². The predicted molar refractivity (Wildman–Crippen MR) is 75.4 cm³/mol. The van der Waals surface area contributed by atoms with Crippen LogP contribution >= 0.6 is 0 Å². The number of amides is 1. The third-order valence-corrected chi connectivity index (χ3v) is 3.03. The van der Waals surface area contributed by atoms with Crippen molar-refractivity contribution in [3.63, 3.8) is 0 Å². The Bertz CT molecular complexity index is 575. The fourth-order valence-corrected chi connectivity index (χ4v) is 1.90. The highest BCUT2D eigenvalue weighted by Crippen LogP contribution is 2.15. The van der Waals surface area contributed by atoms with Crippen LogP contribution in [0.2, 0.25) is 0 Å². The van der Waals surface area contributed by atoms with Crippen molar-refractivity contribution >= 4 is 5.91 Å². The van der Waals surface area contributed by atoms with E-state index < -0.39 is 0 Å². The molecule has 0 aliphatic heterocycles. The first kappa shape index (κ1) is 14.1. The first-order valence-corrected chi connectivity index (χ1v) is 6.30. The lowest BCUT2D eigenvalue weighted by Gasteiger charge is -2.16. The van der Waals surface area contributed by atoms with E-state index in [1.807, 2.05) is 24.3 Å². The molecule has 5 nitrogen and oxygen atoms in total. The van der Waals surface area contributed by atoms with Crippen LogP contribution in [-0.4, -0.2) is 25.0 Å². The zero-order valence-corrected chi connectivity index (χ0v) is 11.6. The minimum atomic E-state index is -0.0933. The number of nitrogens with zero attached hydrogens (tertiary/aromatic N) is 1. The van der Waals surface area contributed by atoms with Gasteiger partial charge >= 0.3 is 0 Å². The summed E-state index contributed by atoms with van der Waals surface area (Å²) in [5.41, 5.74) is 7.01. The summed E-state index contributed by atoms with van der Waals surface area (Å²) in [6.45, 7) is 0.807. The molecule has 5 heteroatoms. The van der Waals surface area contributed by atoms with Gasteiger partial charge in [0, 0.05) is 13.6 Å². The van der Waals surface area contributed by atoms with Gasteiger partial charge in [0.1, 0.15) is 17.8 Å². The second-order valence-corrected chi connectivity index (χ2v) is 4.52. The van der Waals surface area contributed by atoms with Gasteiger partial charge in [0.05, 0.1) is 19.2 Å². The normalized spacial score (nSPS) is 10.3. The molecule has 0 aliphatic rings. The first-order chi connectivity index (χ1) is 9.63. The quantitative estimate of drug-likeness (QED) is 0.905. The summed E-state index contributed by atoms with van der Waals surface area (Å²) in [6.07, 6.45) is 1.44. The minimum absolute atomic E-state index is 0.0933. The van der Waals surface area contributed by atoms with Crippen LogP contribution in [0.25, 0.3) is 0 Å². The number of carbonyl (C=O) groups is 1. The van der Waals surface area contributed by atoms with Crippen molar-refractivity contribution in [2.24, 2.45) is 5.73 Å². The van der Waals surface area contributed by atoms with Crippen LogP contribution in [0.1, 0.15) is 21.7 Å². The Labute approximate surface area is 117 Å². The van der Waals surface area contributed by atoms with Crippen LogP contribution < -0.4 is 10.5 Å². The van der Waals surface area contributed by atoms with Gasteiger partial charge in [0.15, 0.2) is 0 Å². The van der Waals surface area contributed by atoms with Gasteiger partial charge in [-0.1, -0.05) is 12.1 Å². The lowest BCUT2D eigenvalue weighted by molar-refractivity contribution is 0.0784. The third-order valence-electron chi connectivity index (χ3n) is 3.03. The zero-order valence-electron chi connectivity index (χ0n) is 11.6. The molecule has 0 radical (unpaired) electrons. The van der Waals surface area contributed by atoms with Crippen molar-refractivity contribution in [2.45, 2.75) is 13.1 Å². The number of rotatable bonds is 5. The minimum Gasteiger partial charge on any atom is -0.497 e. The Morgan fingerprint density at radius 3 is 2.60 bits per heavy atom. The maximum Gasteiger partial charge on any atom is 0.257 e. The molecule has 0 fully saturated rings. The van der Waals surface area contributed by atoms with Gasteiger partial charge in [-0.15, -0.1) is 0 Å². The lowest BCUT2D eigenvalue weighted by Crippen LogP contribution is -2.25. The van der Waals surface area contributed by atoms with E-state index in [1.165, 1.54) is 6.26 Å². The van der Waals surface area contributed by atoms with Crippen LogP contribution in [0, 0.1) is 0 Å². The molecule has 20 heavy (non-hydrogen) atoms. The molecule has 0 unspecified atom stereocenters.